The average molecular weight is 198 g/mol. The summed E-state index contributed by atoms with van der Waals surface area (Å²) in [5, 5.41) is 2.87. The lowest BCUT2D eigenvalue weighted by atomic mass is 10.0. The van der Waals surface area contributed by atoms with Gasteiger partial charge >= 0.3 is 0 Å². The fourth-order valence-electron chi connectivity index (χ4n) is 1.42. The normalized spacial score (nSPS) is 10.1. The summed E-state index contributed by atoms with van der Waals surface area (Å²) < 4.78 is 0. The Bertz CT molecular complexity index is 213. The minimum absolute atomic E-state index is 0.0128. The Kier molecular flexibility index (Phi) is 6.21. The zero-order chi connectivity index (χ0) is 11.1. The SMILES string of the molecule is CCC(CC)=C(CN)C(=O)NC(C)C. The lowest BCUT2D eigenvalue weighted by molar-refractivity contribution is -0.118. The Hall–Kier alpha value is -0.830. The third kappa shape index (κ3) is 3.92. The molecule has 0 radical (unpaired) electrons. The zero-order valence-corrected chi connectivity index (χ0v) is 9.68. The molecule has 0 saturated heterocycles. The fraction of sp³-hybridized carbons (Fsp3) is 0.727. The maximum absolute atomic E-state index is 11.7. The van der Waals surface area contributed by atoms with Crippen molar-refractivity contribution in [2.75, 3.05) is 6.54 Å². The Morgan fingerprint density at radius 1 is 1.29 bits per heavy atom. The summed E-state index contributed by atoms with van der Waals surface area (Å²) >= 11 is 0. The van der Waals surface area contributed by atoms with Crippen LogP contribution in [0.1, 0.15) is 40.5 Å². The van der Waals surface area contributed by atoms with Gasteiger partial charge in [-0.15, -0.1) is 0 Å². The molecular weight excluding hydrogens is 176 g/mol. The van der Waals surface area contributed by atoms with E-state index in [1.54, 1.807) is 0 Å². The monoisotopic (exact) mass is 198 g/mol. The molecule has 0 atom stereocenters. The number of hydrogen-bond acceptors (Lipinski definition) is 2. The van der Waals surface area contributed by atoms with Crippen LogP contribution in [0.2, 0.25) is 0 Å². The Morgan fingerprint density at radius 2 is 1.79 bits per heavy atom. The van der Waals surface area contributed by atoms with Gasteiger partial charge in [0.15, 0.2) is 0 Å². The smallest absolute Gasteiger partial charge is 0.248 e. The van der Waals surface area contributed by atoms with Crippen molar-refractivity contribution in [2.45, 2.75) is 46.6 Å². The first kappa shape index (κ1) is 13.2. The van der Waals surface area contributed by atoms with Crippen molar-refractivity contribution in [2.24, 2.45) is 5.73 Å². The Labute approximate surface area is 86.8 Å². The van der Waals surface area contributed by atoms with Crippen molar-refractivity contribution in [1.82, 2.24) is 5.32 Å². The average Bonchev–Trinajstić information content (AvgIpc) is 2.12. The lowest BCUT2D eigenvalue weighted by Crippen LogP contribution is -2.34. The lowest BCUT2D eigenvalue weighted by Gasteiger charge is -2.13. The molecule has 0 heterocycles. The second kappa shape index (κ2) is 6.60. The highest BCUT2D eigenvalue weighted by molar-refractivity contribution is 5.94. The van der Waals surface area contributed by atoms with Gasteiger partial charge in [0.05, 0.1) is 0 Å². The summed E-state index contributed by atoms with van der Waals surface area (Å²) in [5.74, 6) is -0.0128. The van der Waals surface area contributed by atoms with E-state index in [1.807, 2.05) is 13.8 Å². The van der Waals surface area contributed by atoms with E-state index in [4.69, 9.17) is 5.73 Å². The maximum Gasteiger partial charge on any atom is 0.248 e. The fourth-order valence-corrected chi connectivity index (χ4v) is 1.42. The van der Waals surface area contributed by atoms with Crippen LogP contribution in [0.25, 0.3) is 0 Å². The van der Waals surface area contributed by atoms with E-state index < -0.39 is 0 Å². The van der Waals surface area contributed by atoms with Crippen LogP contribution < -0.4 is 11.1 Å². The van der Waals surface area contributed by atoms with Crippen molar-refractivity contribution in [3.05, 3.63) is 11.1 Å². The quantitative estimate of drug-likeness (QED) is 0.659. The molecule has 0 bridgehead atoms. The van der Waals surface area contributed by atoms with Gasteiger partial charge in [0, 0.05) is 18.2 Å². The number of hydrogen-bond donors (Lipinski definition) is 2. The third-order valence-electron chi connectivity index (χ3n) is 2.18. The molecule has 3 heteroatoms. The summed E-state index contributed by atoms with van der Waals surface area (Å²) in [4.78, 5) is 11.7. The van der Waals surface area contributed by atoms with Crippen LogP contribution >= 0.6 is 0 Å². The van der Waals surface area contributed by atoms with Gasteiger partial charge in [-0.25, -0.2) is 0 Å². The maximum atomic E-state index is 11.7. The number of carbonyl (C=O) groups is 1. The van der Waals surface area contributed by atoms with Crippen LogP contribution in [0.3, 0.4) is 0 Å². The van der Waals surface area contributed by atoms with E-state index in [0.717, 1.165) is 24.0 Å². The molecule has 3 nitrogen and oxygen atoms in total. The van der Waals surface area contributed by atoms with E-state index in [0.29, 0.717) is 6.54 Å². The van der Waals surface area contributed by atoms with Gasteiger partial charge in [-0.2, -0.15) is 0 Å². The number of nitrogens with two attached hydrogens (primary N) is 1. The first-order valence-corrected chi connectivity index (χ1v) is 5.28. The van der Waals surface area contributed by atoms with E-state index in [2.05, 4.69) is 19.2 Å². The van der Waals surface area contributed by atoms with Gasteiger partial charge in [-0.3, -0.25) is 4.79 Å². The first-order chi connectivity index (χ1) is 6.56. The standard InChI is InChI=1S/C11H22N2O/c1-5-9(6-2)10(7-12)11(14)13-8(3)4/h8H,5-7,12H2,1-4H3,(H,13,14). The molecule has 1 amide bonds. The molecule has 0 rings (SSSR count). The summed E-state index contributed by atoms with van der Waals surface area (Å²) in [7, 11) is 0. The number of nitrogens with one attached hydrogen (secondary N) is 1. The summed E-state index contributed by atoms with van der Waals surface area (Å²) in [5.41, 5.74) is 7.49. The van der Waals surface area contributed by atoms with Crippen LogP contribution in [0.4, 0.5) is 0 Å². The topological polar surface area (TPSA) is 55.1 Å². The van der Waals surface area contributed by atoms with Crippen molar-refractivity contribution in [3.8, 4) is 0 Å². The predicted octanol–water partition coefficient (Wildman–Crippen LogP) is 1.59. The Balaban J connectivity index is 4.69. The molecule has 0 spiro atoms. The van der Waals surface area contributed by atoms with Crippen LogP contribution in [-0.2, 0) is 4.79 Å². The second-order valence-corrected chi connectivity index (χ2v) is 3.62. The molecule has 0 aliphatic rings. The molecule has 82 valence electrons. The molecule has 3 N–H and O–H groups in total. The van der Waals surface area contributed by atoms with Gasteiger partial charge in [0.25, 0.3) is 0 Å². The summed E-state index contributed by atoms with van der Waals surface area (Å²) in [6.07, 6.45) is 1.79. The minimum Gasteiger partial charge on any atom is -0.350 e. The van der Waals surface area contributed by atoms with Gasteiger partial charge in [0.2, 0.25) is 5.91 Å². The molecule has 0 unspecified atom stereocenters. The summed E-state index contributed by atoms with van der Waals surface area (Å²) in [6, 6.07) is 0.166. The van der Waals surface area contributed by atoms with Crippen LogP contribution in [0.5, 0.6) is 0 Å². The molecule has 0 saturated carbocycles. The van der Waals surface area contributed by atoms with E-state index in [9.17, 15) is 4.79 Å². The van der Waals surface area contributed by atoms with Crippen molar-refractivity contribution in [1.29, 1.82) is 0 Å². The first-order valence-electron chi connectivity index (χ1n) is 5.28. The second-order valence-electron chi connectivity index (χ2n) is 3.62. The van der Waals surface area contributed by atoms with Gasteiger partial charge in [-0.1, -0.05) is 19.4 Å². The highest BCUT2D eigenvalue weighted by Gasteiger charge is 2.12. The molecule has 0 aromatic heterocycles. The van der Waals surface area contributed by atoms with Gasteiger partial charge < -0.3 is 11.1 Å². The van der Waals surface area contributed by atoms with Crippen LogP contribution in [0.15, 0.2) is 11.1 Å². The summed E-state index contributed by atoms with van der Waals surface area (Å²) in [6.45, 7) is 8.33. The van der Waals surface area contributed by atoms with Crippen LogP contribution in [0, 0.1) is 0 Å². The molecule has 0 aromatic rings. The largest absolute Gasteiger partial charge is 0.350 e. The van der Waals surface area contributed by atoms with Crippen molar-refractivity contribution in [3.63, 3.8) is 0 Å². The van der Waals surface area contributed by atoms with Gasteiger partial charge in [0.1, 0.15) is 0 Å². The van der Waals surface area contributed by atoms with Crippen molar-refractivity contribution < 1.29 is 4.79 Å². The van der Waals surface area contributed by atoms with E-state index in [1.165, 1.54) is 0 Å². The highest BCUT2D eigenvalue weighted by Crippen LogP contribution is 2.12. The number of amides is 1. The van der Waals surface area contributed by atoms with E-state index >= 15 is 0 Å². The predicted molar refractivity (Wildman–Crippen MR) is 59.9 cm³/mol. The van der Waals surface area contributed by atoms with Gasteiger partial charge in [-0.05, 0) is 26.7 Å². The number of carbonyl (C=O) groups excluding carboxylic acids is 1. The third-order valence-corrected chi connectivity index (χ3v) is 2.18. The molecule has 14 heavy (non-hydrogen) atoms. The highest BCUT2D eigenvalue weighted by atomic mass is 16.1. The molecular formula is C11H22N2O. The molecule has 0 aliphatic heterocycles. The number of rotatable bonds is 5. The van der Waals surface area contributed by atoms with Crippen LogP contribution in [-0.4, -0.2) is 18.5 Å². The molecule has 0 aromatic carbocycles. The van der Waals surface area contributed by atoms with E-state index in [-0.39, 0.29) is 11.9 Å². The zero-order valence-electron chi connectivity index (χ0n) is 9.68. The minimum atomic E-state index is -0.0128. The van der Waals surface area contributed by atoms with Crippen molar-refractivity contribution >= 4 is 5.91 Å². The number of allylic oxidation sites excluding steroid dienone is 1. The molecule has 0 fully saturated rings. The Morgan fingerprint density at radius 3 is 2.07 bits per heavy atom. The molecule has 0 aliphatic carbocycles.